The number of rotatable bonds is 5. The maximum absolute atomic E-state index is 11.9. The monoisotopic (exact) mass is 283 g/mol. The van der Waals surface area contributed by atoms with E-state index in [1.54, 1.807) is 12.1 Å². The molecule has 0 aliphatic heterocycles. The summed E-state index contributed by atoms with van der Waals surface area (Å²) < 4.78 is 23.8. The van der Waals surface area contributed by atoms with Crippen LogP contribution in [0.4, 0.5) is 0 Å². The minimum atomic E-state index is -3.12. The summed E-state index contributed by atoms with van der Waals surface area (Å²) in [5.74, 6) is 0.202. The summed E-state index contributed by atoms with van der Waals surface area (Å²) >= 11 is 0. The summed E-state index contributed by atoms with van der Waals surface area (Å²) in [7, 11) is -3.12. The van der Waals surface area contributed by atoms with Gasteiger partial charge in [-0.25, -0.2) is 8.42 Å². The minimum Gasteiger partial charge on any atom is -0.327 e. The lowest BCUT2D eigenvalue weighted by molar-refractivity contribution is 0.318. The van der Waals surface area contributed by atoms with E-state index in [4.69, 9.17) is 5.73 Å². The summed E-state index contributed by atoms with van der Waals surface area (Å²) in [4.78, 5) is 0.405. The molecule has 1 aromatic rings. The quantitative estimate of drug-likeness (QED) is 0.904. The van der Waals surface area contributed by atoms with Crippen LogP contribution in [-0.4, -0.2) is 20.2 Å². The molecule has 4 heteroatoms. The van der Waals surface area contributed by atoms with E-state index >= 15 is 0 Å². The number of hydrogen-bond donors (Lipinski definition) is 1. The van der Waals surface area contributed by atoms with Gasteiger partial charge in [-0.15, -0.1) is 0 Å². The molecule has 19 heavy (non-hydrogen) atoms. The zero-order chi connectivity index (χ0) is 14.7. The fourth-order valence-corrected chi connectivity index (χ4v) is 3.10. The molecule has 0 saturated heterocycles. The third-order valence-electron chi connectivity index (χ3n) is 3.32. The highest BCUT2D eigenvalue weighted by Gasteiger charge is 2.21. The molecular weight excluding hydrogens is 258 g/mol. The molecule has 0 aliphatic carbocycles. The maximum atomic E-state index is 11.9. The van der Waals surface area contributed by atoms with Crippen molar-refractivity contribution < 1.29 is 8.42 Å². The third-order valence-corrected chi connectivity index (χ3v) is 5.26. The zero-order valence-electron chi connectivity index (χ0n) is 12.3. The first kappa shape index (κ1) is 16.2. The van der Waals surface area contributed by atoms with E-state index in [0.717, 1.165) is 12.0 Å². The fraction of sp³-hybridized carbons (Fsp3) is 0.600. The van der Waals surface area contributed by atoms with Crippen molar-refractivity contribution in [3.63, 3.8) is 0 Å². The molecule has 1 aromatic carbocycles. The van der Waals surface area contributed by atoms with Crippen LogP contribution in [0.1, 0.15) is 39.7 Å². The van der Waals surface area contributed by atoms with Crippen LogP contribution in [0.15, 0.2) is 29.2 Å². The van der Waals surface area contributed by atoms with E-state index in [2.05, 4.69) is 20.8 Å². The van der Waals surface area contributed by atoms with Crippen molar-refractivity contribution in [2.45, 2.75) is 51.5 Å². The van der Waals surface area contributed by atoms with Crippen molar-refractivity contribution in [2.24, 2.45) is 11.1 Å². The second-order valence-corrected chi connectivity index (χ2v) is 8.25. The van der Waals surface area contributed by atoms with Crippen LogP contribution >= 0.6 is 0 Å². The van der Waals surface area contributed by atoms with Gasteiger partial charge in [-0.05, 0) is 36.0 Å². The van der Waals surface area contributed by atoms with Crippen LogP contribution < -0.4 is 5.73 Å². The summed E-state index contributed by atoms with van der Waals surface area (Å²) in [6.07, 6.45) is 1.40. The van der Waals surface area contributed by atoms with Crippen molar-refractivity contribution in [3.8, 4) is 0 Å². The van der Waals surface area contributed by atoms with Crippen LogP contribution in [0.2, 0.25) is 0 Å². The number of nitrogens with two attached hydrogens (primary N) is 1. The van der Waals surface area contributed by atoms with Gasteiger partial charge in [0.25, 0.3) is 0 Å². The average molecular weight is 283 g/mol. The van der Waals surface area contributed by atoms with Gasteiger partial charge in [0, 0.05) is 6.04 Å². The Hall–Kier alpha value is -0.870. The summed E-state index contributed by atoms with van der Waals surface area (Å²) in [6, 6.07) is 7.18. The van der Waals surface area contributed by atoms with Crippen molar-refractivity contribution in [1.29, 1.82) is 0 Å². The second-order valence-electron chi connectivity index (χ2n) is 6.14. The van der Waals surface area contributed by atoms with Crippen LogP contribution in [0.25, 0.3) is 0 Å². The van der Waals surface area contributed by atoms with Crippen LogP contribution in [0.3, 0.4) is 0 Å². The van der Waals surface area contributed by atoms with Gasteiger partial charge in [-0.1, -0.05) is 39.8 Å². The molecule has 0 bridgehead atoms. The molecule has 1 atom stereocenters. The molecule has 0 amide bonds. The normalized spacial score (nSPS) is 14.4. The summed E-state index contributed by atoms with van der Waals surface area (Å²) in [5, 5.41) is 0. The Balaban J connectivity index is 2.83. The van der Waals surface area contributed by atoms with Gasteiger partial charge in [0.05, 0.1) is 10.6 Å². The van der Waals surface area contributed by atoms with Crippen LogP contribution in [-0.2, 0) is 16.3 Å². The van der Waals surface area contributed by atoms with E-state index < -0.39 is 9.84 Å². The first-order valence-electron chi connectivity index (χ1n) is 6.74. The highest BCUT2D eigenvalue weighted by Crippen LogP contribution is 2.21. The van der Waals surface area contributed by atoms with E-state index in [1.807, 2.05) is 19.1 Å². The Morgan fingerprint density at radius 2 is 1.68 bits per heavy atom. The van der Waals surface area contributed by atoms with E-state index in [-0.39, 0.29) is 17.2 Å². The molecule has 108 valence electrons. The number of benzene rings is 1. The van der Waals surface area contributed by atoms with Gasteiger partial charge >= 0.3 is 0 Å². The Bertz CT molecular complexity index is 498. The standard InChI is InChI=1S/C15H25NO2S/c1-5-10-19(17,18)13-8-6-12(7-9-13)11-14(16)15(2,3)4/h6-9,14H,5,10-11,16H2,1-4H3. The Kier molecular flexibility index (Phi) is 5.16. The predicted molar refractivity (Wildman–Crippen MR) is 79.9 cm³/mol. The zero-order valence-corrected chi connectivity index (χ0v) is 13.1. The van der Waals surface area contributed by atoms with Gasteiger partial charge < -0.3 is 5.73 Å². The molecule has 0 radical (unpaired) electrons. The van der Waals surface area contributed by atoms with E-state index in [0.29, 0.717) is 11.3 Å². The molecule has 0 fully saturated rings. The SMILES string of the molecule is CCCS(=O)(=O)c1ccc(CC(N)C(C)(C)C)cc1. The smallest absolute Gasteiger partial charge is 0.178 e. The molecule has 2 N–H and O–H groups in total. The van der Waals surface area contributed by atoms with Crippen molar-refractivity contribution >= 4 is 9.84 Å². The molecular formula is C15H25NO2S. The van der Waals surface area contributed by atoms with Crippen molar-refractivity contribution in [3.05, 3.63) is 29.8 Å². The van der Waals surface area contributed by atoms with Crippen LogP contribution in [0.5, 0.6) is 0 Å². The molecule has 1 rings (SSSR count). The second kappa shape index (κ2) is 6.06. The molecule has 1 unspecified atom stereocenters. The van der Waals surface area contributed by atoms with Crippen molar-refractivity contribution in [2.75, 3.05) is 5.75 Å². The average Bonchev–Trinajstić information content (AvgIpc) is 2.28. The van der Waals surface area contributed by atoms with Gasteiger partial charge in [-0.3, -0.25) is 0 Å². The Labute approximate surface area is 117 Å². The molecule has 0 heterocycles. The molecule has 3 nitrogen and oxygen atoms in total. The lowest BCUT2D eigenvalue weighted by Crippen LogP contribution is -2.36. The molecule has 0 spiro atoms. The summed E-state index contributed by atoms with van der Waals surface area (Å²) in [6.45, 7) is 8.20. The number of sulfone groups is 1. The lowest BCUT2D eigenvalue weighted by Gasteiger charge is -2.27. The highest BCUT2D eigenvalue weighted by molar-refractivity contribution is 7.91. The largest absolute Gasteiger partial charge is 0.327 e. The van der Waals surface area contributed by atoms with Gasteiger partial charge in [-0.2, -0.15) is 0 Å². The minimum absolute atomic E-state index is 0.0486. The predicted octanol–water partition coefficient (Wildman–Crippen LogP) is 2.79. The fourth-order valence-electron chi connectivity index (χ4n) is 1.78. The molecule has 0 aliphatic rings. The lowest BCUT2D eigenvalue weighted by atomic mass is 9.84. The topological polar surface area (TPSA) is 60.2 Å². The van der Waals surface area contributed by atoms with Crippen LogP contribution in [0, 0.1) is 5.41 Å². The molecule has 0 aromatic heterocycles. The maximum Gasteiger partial charge on any atom is 0.178 e. The molecule has 0 saturated carbocycles. The highest BCUT2D eigenvalue weighted by atomic mass is 32.2. The first-order valence-corrected chi connectivity index (χ1v) is 8.39. The Morgan fingerprint density at radius 1 is 1.16 bits per heavy atom. The first-order chi connectivity index (χ1) is 8.66. The van der Waals surface area contributed by atoms with E-state index in [1.165, 1.54) is 0 Å². The third kappa shape index (κ3) is 4.62. The Morgan fingerprint density at radius 3 is 2.11 bits per heavy atom. The van der Waals surface area contributed by atoms with Gasteiger partial charge in [0.1, 0.15) is 0 Å². The number of hydrogen-bond acceptors (Lipinski definition) is 3. The van der Waals surface area contributed by atoms with Crippen molar-refractivity contribution in [1.82, 2.24) is 0 Å². The van der Waals surface area contributed by atoms with E-state index in [9.17, 15) is 8.42 Å². The van der Waals surface area contributed by atoms with Gasteiger partial charge in [0.2, 0.25) is 0 Å². The summed E-state index contributed by atoms with van der Waals surface area (Å²) in [5.41, 5.74) is 7.27. The van der Waals surface area contributed by atoms with Gasteiger partial charge in [0.15, 0.2) is 9.84 Å².